The maximum Gasteiger partial charge on any atom is 0.344 e. The molecule has 1 heterocycles. The van der Waals surface area contributed by atoms with E-state index in [2.05, 4.69) is 5.32 Å². The van der Waals surface area contributed by atoms with Crippen LogP contribution in [0.15, 0.2) is 82.0 Å². The van der Waals surface area contributed by atoms with Crippen LogP contribution < -0.4 is 15.7 Å². The first kappa shape index (κ1) is 21.7. The van der Waals surface area contributed by atoms with Crippen LogP contribution in [0.25, 0.3) is 28.2 Å². The number of nitrogens with one attached hydrogen (secondary N) is 1. The molecule has 32 heavy (non-hydrogen) atoms. The Labute approximate surface area is 193 Å². The molecule has 0 unspecified atom stereocenters. The van der Waals surface area contributed by atoms with Gasteiger partial charge in [-0.05, 0) is 48.0 Å². The summed E-state index contributed by atoms with van der Waals surface area (Å²) in [7, 11) is 1.49. The number of anilines is 1. The Morgan fingerprint density at radius 2 is 1.78 bits per heavy atom. The van der Waals surface area contributed by atoms with E-state index < -0.39 is 5.63 Å². The van der Waals surface area contributed by atoms with Crippen molar-refractivity contribution >= 4 is 51.8 Å². The van der Waals surface area contributed by atoms with Crippen LogP contribution in [0, 0.1) is 0 Å². The number of amides is 1. The summed E-state index contributed by atoms with van der Waals surface area (Å²) in [5.74, 6) is 0.0832. The maximum absolute atomic E-state index is 12.3. The van der Waals surface area contributed by atoms with Crippen LogP contribution >= 0.6 is 23.2 Å². The van der Waals surface area contributed by atoms with Gasteiger partial charge in [-0.15, -0.1) is 0 Å². The first-order valence-corrected chi connectivity index (χ1v) is 10.4. The van der Waals surface area contributed by atoms with E-state index in [1.807, 2.05) is 18.2 Å². The Bertz CT molecular complexity index is 1390. The molecule has 0 saturated heterocycles. The monoisotopic (exact) mass is 465 g/mol. The fourth-order valence-electron chi connectivity index (χ4n) is 3.27. The average Bonchev–Trinajstić information content (AvgIpc) is 2.77. The van der Waals surface area contributed by atoms with Gasteiger partial charge in [0.2, 0.25) is 5.91 Å². The van der Waals surface area contributed by atoms with Crippen molar-refractivity contribution in [2.45, 2.75) is 0 Å². The SMILES string of the molecule is COc1c(Cl)cc(Cl)cc1C=CC(=O)Nc1ccc(-c2cc3ccccc3oc2=O)cc1. The van der Waals surface area contributed by atoms with Gasteiger partial charge in [-0.1, -0.05) is 53.5 Å². The summed E-state index contributed by atoms with van der Waals surface area (Å²) >= 11 is 12.1. The number of rotatable bonds is 5. The Kier molecular flexibility index (Phi) is 6.30. The third-order valence-electron chi connectivity index (χ3n) is 4.76. The highest BCUT2D eigenvalue weighted by Gasteiger charge is 2.10. The number of halogens is 2. The van der Waals surface area contributed by atoms with Gasteiger partial charge < -0.3 is 14.5 Å². The molecule has 4 rings (SSSR count). The molecular formula is C25H17Cl2NO4. The molecule has 4 aromatic rings. The maximum atomic E-state index is 12.3. The Morgan fingerprint density at radius 3 is 2.53 bits per heavy atom. The van der Waals surface area contributed by atoms with Gasteiger partial charge >= 0.3 is 5.63 Å². The number of ether oxygens (including phenoxy) is 1. The fourth-order valence-corrected chi connectivity index (χ4v) is 3.85. The third kappa shape index (κ3) is 4.69. The minimum Gasteiger partial charge on any atom is -0.495 e. The van der Waals surface area contributed by atoms with Gasteiger partial charge in [0, 0.05) is 27.7 Å². The molecule has 3 aromatic carbocycles. The molecule has 1 N–H and O–H groups in total. The Hall–Kier alpha value is -3.54. The zero-order valence-corrected chi connectivity index (χ0v) is 18.4. The molecule has 0 aliphatic rings. The smallest absolute Gasteiger partial charge is 0.344 e. The molecule has 0 saturated carbocycles. The van der Waals surface area contributed by atoms with Crippen LogP contribution in [0.1, 0.15) is 5.56 Å². The summed E-state index contributed by atoms with van der Waals surface area (Å²) in [5.41, 5.74) is 2.41. The lowest BCUT2D eigenvalue weighted by atomic mass is 10.1. The van der Waals surface area contributed by atoms with E-state index in [0.717, 1.165) is 5.39 Å². The molecule has 0 aliphatic heterocycles. The van der Waals surface area contributed by atoms with Crippen LogP contribution in [0.5, 0.6) is 5.75 Å². The summed E-state index contributed by atoms with van der Waals surface area (Å²) in [4.78, 5) is 24.7. The van der Waals surface area contributed by atoms with Crippen molar-refractivity contribution in [1.29, 1.82) is 0 Å². The summed E-state index contributed by atoms with van der Waals surface area (Å²) < 4.78 is 10.7. The number of hydrogen-bond acceptors (Lipinski definition) is 4. The second-order valence-electron chi connectivity index (χ2n) is 6.90. The quantitative estimate of drug-likeness (QED) is 0.272. The lowest BCUT2D eigenvalue weighted by Crippen LogP contribution is -2.08. The second kappa shape index (κ2) is 9.30. The number of benzene rings is 3. The lowest BCUT2D eigenvalue weighted by Gasteiger charge is -2.08. The molecule has 0 spiro atoms. The van der Waals surface area contributed by atoms with E-state index in [-0.39, 0.29) is 5.91 Å². The Morgan fingerprint density at radius 1 is 1.03 bits per heavy atom. The largest absolute Gasteiger partial charge is 0.495 e. The van der Waals surface area contributed by atoms with Crippen molar-refractivity contribution in [1.82, 2.24) is 0 Å². The summed E-state index contributed by atoms with van der Waals surface area (Å²) in [6.07, 6.45) is 2.93. The minimum atomic E-state index is -0.419. The summed E-state index contributed by atoms with van der Waals surface area (Å²) in [6.45, 7) is 0. The highest BCUT2D eigenvalue weighted by molar-refractivity contribution is 6.36. The van der Waals surface area contributed by atoms with Crippen molar-refractivity contribution < 1.29 is 13.9 Å². The molecule has 1 amide bonds. The molecule has 0 aliphatic carbocycles. The Balaban J connectivity index is 1.51. The zero-order valence-electron chi connectivity index (χ0n) is 16.9. The lowest BCUT2D eigenvalue weighted by molar-refractivity contribution is -0.111. The number of carbonyl (C=O) groups excluding carboxylic acids is 1. The van der Waals surface area contributed by atoms with Crippen molar-refractivity contribution in [3.8, 4) is 16.9 Å². The molecule has 5 nitrogen and oxygen atoms in total. The number of carbonyl (C=O) groups is 1. The highest BCUT2D eigenvalue weighted by Crippen LogP contribution is 2.33. The topological polar surface area (TPSA) is 68.5 Å². The van der Waals surface area contributed by atoms with E-state index >= 15 is 0 Å². The van der Waals surface area contributed by atoms with Gasteiger partial charge in [0.05, 0.1) is 17.7 Å². The van der Waals surface area contributed by atoms with Gasteiger partial charge in [-0.3, -0.25) is 4.79 Å². The van der Waals surface area contributed by atoms with Crippen LogP contribution in [-0.4, -0.2) is 13.0 Å². The normalized spacial score (nSPS) is 11.1. The molecule has 0 bridgehead atoms. The van der Waals surface area contributed by atoms with Crippen molar-refractivity contribution in [2.24, 2.45) is 0 Å². The van der Waals surface area contributed by atoms with Crippen LogP contribution in [-0.2, 0) is 4.79 Å². The average molecular weight is 466 g/mol. The number of methoxy groups -OCH3 is 1. The molecule has 0 fully saturated rings. The van der Waals surface area contributed by atoms with E-state index in [1.165, 1.54) is 13.2 Å². The molecular weight excluding hydrogens is 449 g/mol. The van der Waals surface area contributed by atoms with Crippen molar-refractivity contribution in [2.75, 3.05) is 12.4 Å². The predicted molar refractivity (Wildman–Crippen MR) is 129 cm³/mol. The molecule has 0 radical (unpaired) electrons. The van der Waals surface area contributed by atoms with Crippen molar-refractivity contribution in [3.63, 3.8) is 0 Å². The number of fused-ring (bicyclic) bond motifs is 1. The van der Waals surface area contributed by atoms with Crippen LogP contribution in [0.3, 0.4) is 0 Å². The zero-order chi connectivity index (χ0) is 22.7. The summed E-state index contributed by atoms with van der Waals surface area (Å²) in [5, 5.41) is 4.39. The fraction of sp³-hybridized carbons (Fsp3) is 0.0400. The van der Waals surface area contributed by atoms with Gasteiger partial charge in [0.1, 0.15) is 11.3 Å². The van der Waals surface area contributed by atoms with E-state index in [0.29, 0.717) is 43.8 Å². The van der Waals surface area contributed by atoms with E-state index in [4.69, 9.17) is 32.4 Å². The standard InChI is InChI=1S/C25H17Cl2NO4/c1-31-24-17(12-18(26)14-21(24)27)8-11-23(29)28-19-9-6-15(7-10-19)20-13-16-4-2-3-5-22(16)32-25(20)30/h2-14H,1H3,(H,28,29). The minimum absolute atomic E-state index is 0.346. The van der Waals surface area contributed by atoms with Gasteiger partial charge in [-0.25, -0.2) is 4.79 Å². The third-order valence-corrected chi connectivity index (χ3v) is 5.26. The van der Waals surface area contributed by atoms with E-state index in [9.17, 15) is 9.59 Å². The highest BCUT2D eigenvalue weighted by atomic mass is 35.5. The molecule has 1 aromatic heterocycles. The van der Waals surface area contributed by atoms with Gasteiger partial charge in [0.15, 0.2) is 0 Å². The van der Waals surface area contributed by atoms with Crippen molar-refractivity contribution in [3.05, 3.63) is 98.8 Å². The molecule has 7 heteroatoms. The van der Waals surface area contributed by atoms with Crippen LogP contribution in [0.4, 0.5) is 5.69 Å². The second-order valence-corrected chi connectivity index (χ2v) is 7.74. The summed E-state index contributed by atoms with van der Waals surface area (Å²) in [6, 6.07) is 19.3. The molecule has 160 valence electrons. The van der Waals surface area contributed by atoms with Crippen LogP contribution in [0.2, 0.25) is 10.0 Å². The predicted octanol–water partition coefficient (Wildman–Crippen LogP) is 6.43. The first-order chi connectivity index (χ1) is 15.4. The van der Waals surface area contributed by atoms with Gasteiger partial charge in [0.25, 0.3) is 0 Å². The number of hydrogen-bond donors (Lipinski definition) is 1. The van der Waals surface area contributed by atoms with E-state index in [1.54, 1.807) is 54.6 Å². The first-order valence-electron chi connectivity index (χ1n) is 9.60. The van der Waals surface area contributed by atoms with Gasteiger partial charge in [-0.2, -0.15) is 0 Å². The number of para-hydroxylation sites is 1. The molecule has 0 atom stereocenters.